The quantitative estimate of drug-likeness (QED) is 0.786. The van der Waals surface area contributed by atoms with Crippen LogP contribution >= 0.6 is 0 Å². The molecule has 0 saturated carbocycles. The van der Waals surface area contributed by atoms with Gasteiger partial charge in [-0.15, -0.1) is 0 Å². The fourth-order valence-corrected chi connectivity index (χ4v) is 4.05. The summed E-state index contributed by atoms with van der Waals surface area (Å²) < 4.78 is 67.7. The van der Waals surface area contributed by atoms with Crippen LogP contribution in [0.15, 0.2) is 0 Å². The lowest BCUT2D eigenvalue weighted by molar-refractivity contribution is -0.144. The maximum atomic E-state index is 12.3. The number of likely N-dealkylation sites (tertiary alicyclic amines) is 1. The van der Waals surface area contributed by atoms with Gasteiger partial charge in [0.1, 0.15) is 0 Å². The molecule has 0 radical (unpaired) electrons. The number of alkyl halides is 3. The Kier molecular flexibility index (Phi) is 5.33. The topological polar surface area (TPSA) is 75.7 Å². The third-order valence-corrected chi connectivity index (χ3v) is 5.05. The maximum absolute atomic E-state index is 12.3. The van der Waals surface area contributed by atoms with Crippen LogP contribution in [0.25, 0.3) is 0 Å². The van der Waals surface area contributed by atoms with Crippen molar-refractivity contribution in [2.75, 3.05) is 32.0 Å². The number of nitrogens with one attached hydrogen (secondary N) is 1. The lowest BCUT2D eigenvalue weighted by Crippen LogP contribution is -2.41. The van der Waals surface area contributed by atoms with Crippen LogP contribution in [-0.2, 0) is 19.6 Å². The summed E-state index contributed by atoms with van der Waals surface area (Å²) in [7, 11) is -3.82. The second-order valence-electron chi connectivity index (χ2n) is 5.72. The lowest BCUT2D eigenvalue weighted by atomic mass is 10.1. The highest BCUT2D eigenvalue weighted by molar-refractivity contribution is 7.90. The van der Waals surface area contributed by atoms with Crippen LogP contribution in [0, 0.1) is 5.92 Å². The molecule has 0 aromatic carbocycles. The molecule has 2 atom stereocenters. The van der Waals surface area contributed by atoms with E-state index in [-0.39, 0.29) is 25.3 Å². The first-order chi connectivity index (χ1) is 10.1. The van der Waals surface area contributed by atoms with Gasteiger partial charge in [-0.25, -0.2) is 8.42 Å². The van der Waals surface area contributed by atoms with Crippen LogP contribution in [0.3, 0.4) is 0 Å². The van der Waals surface area contributed by atoms with Gasteiger partial charge in [-0.3, -0.25) is 14.4 Å². The van der Waals surface area contributed by atoms with Crippen molar-refractivity contribution in [2.45, 2.75) is 31.5 Å². The Labute approximate surface area is 127 Å². The fraction of sp³-hybridized carbons (Fsp3) is 0.917. The van der Waals surface area contributed by atoms with Gasteiger partial charge in [-0.2, -0.15) is 13.2 Å². The molecule has 2 aliphatic rings. The van der Waals surface area contributed by atoms with Gasteiger partial charge < -0.3 is 4.74 Å². The van der Waals surface area contributed by atoms with Gasteiger partial charge in [0.25, 0.3) is 0 Å². The minimum atomic E-state index is -4.32. The molecule has 6 nitrogen and oxygen atoms in total. The summed E-state index contributed by atoms with van der Waals surface area (Å²) in [5, 5.41) is 0. The molecule has 128 valence electrons. The van der Waals surface area contributed by atoms with E-state index in [9.17, 15) is 26.4 Å². The van der Waals surface area contributed by atoms with Crippen molar-refractivity contribution in [3.8, 4) is 0 Å². The Bertz CT molecular complexity index is 503. The second-order valence-corrected chi connectivity index (χ2v) is 7.49. The molecule has 1 amide bonds. The molecule has 2 rings (SSSR count). The molecule has 2 aliphatic heterocycles. The van der Waals surface area contributed by atoms with Crippen LogP contribution in [0.4, 0.5) is 13.2 Å². The van der Waals surface area contributed by atoms with E-state index < -0.39 is 40.7 Å². The van der Waals surface area contributed by atoms with Gasteiger partial charge >= 0.3 is 6.18 Å². The summed E-state index contributed by atoms with van der Waals surface area (Å²) in [6, 6.07) is 0. The summed E-state index contributed by atoms with van der Waals surface area (Å²) in [6.07, 6.45) is -3.12. The van der Waals surface area contributed by atoms with Crippen LogP contribution in [0.1, 0.15) is 19.3 Å². The number of carbonyl (C=O) groups excluding carboxylic acids is 1. The van der Waals surface area contributed by atoms with Crippen LogP contribution in [0.2, 0.25) is 0 Å². The van der Waals surface area contributed by atoms with Crippen molar-refractivity contribution in [3.63, 3.8) is 0 Å². The Morgan fingerprint density at radius 2 is 2.05 bits per heavy atom. The molecule has 10 heteroatoms. The van der Waals surface area contributed by atoms with E-state index in [1.807, 2.05) is 4.72 Å². The monoisotopic (exact) mass is 344 g/mol. The fourth-order valence-electron chi connectivity index (χ4n) is 2.74. The predicted octanol–water partition coefficient (Wildman–Crippen LogP) is 0.496. The number of carbonyl (C=O) groups is 1. The number of sulfonamides is 1. The molecule has 0 aromatic heterocycles. The van der Waals surface area contributed by atoms with Gasteiger partial charge in [0.05, 0.1) is 24.3 Å². The summed E-state index contributed by atoms with van der Waals surface area (Å²) in [5.74, 6) is -1.76. The summed E-state index contributed by atoms with van der Waals surface area (Å²) >= 11 is 0. The maximum Gasteiger partial charge on any atom is 0.401 e. The zero-order valence-electron chi connectivity index (χ0n) is 11.9. The minimum Gasteiger partial charge on any atom is -0.377 e. The predicted molar refractivity (Wildman–Crippen MR) is 71.5 cm³/mol. The zero-order chi connectivity index (χ0) is 16.4. The summed E-state index contributed by atoms with van der Waals surface area (Å²) in [4.78, 5) is 13.0. The smallest absolute Gasteiger partial charge is 0.377 e. The van der Waals surface area contributed by atoms with Gasteiger partial charge in [-0.1, -0.05) is 0 Å². The van der Waals surface area contributed by atoms with E-state index in [4.69, 9.17) is 4.74 Å². The van der Waals surface area contributed by atoms with E-state index >= 15 is 0 Å². The molecule has 2 fully saturated rings. The van der Waals surface area contributed by atoms with Crippen LogP contribution < -0.4 is 4.72 Å². The van der Waals surface area contributed by atoms with E-state index in [1.54, 1.807) is 0 Å². The molecule has 22 heavy (non-hydrogen) atoms. The molecule has 2 heterocycles. The van der Waals surface area contributed by atoms with Crippen molar-refractivity contribution < 1.29 is 31.1 Å². The van der Waals surface area contributed by atoms with Gasteiger partial charge in [0.2, 0.25) is 15.9 Å². The standard InChI is InChI=1S/C12H19F3N2O4S/c13-12(14,15)8-17-4-3-9(6-17)11(18)16-22(19,20)7-10-2-1-5-21-10/h9-10H,1-8H2,(H,16,18). The van der Waals surface area contributed by atoms with Crippen molar-refractivity contribution >= 4 is 15.9 Å². The van der Waals surface area contributed by atoms with Crippen molar-refractivity contribution in [1.29, 1.82) is 0 Å². The Morgan fingerprint density at radius 1 is 1.32 bits per heavy atom. The molecule has 1 N–H and O–H groups in total. The Balaban J connectivity index is 1.82. The second kappa shape index (κ2) is 6.71. The van der Waals surface area contributed by atoms with Crippen molar-refractivity contribution in [1.82, 2.24) is 9.62 Å². The first-order valence-electron chi connectivity index (χ1n) is 7.10. The third kappa shape index (κ3) is 5.40. The highest BCUT2D eigenvalue weighted by Gasteiger charge is 2.37. The number of halogens is 3. The van der Waals surface area contributed by atoms with Crippen molar-refractivity contribution in [3.05, 3.63) is 0 Å². The normalized spacial score (nSPS) is 27.2. The summed E-state index contributed by atoms with van der Waals surface area (Å²) in [6.45, 7) is -0.535. The molecular weight excluding hydrogens is 325 g/mol. The van der Waals surface area contributed by atoms with Gasteiger partial charge in [-0.05, 0) is 25.8 Å². The Morgan fingerprint density at radius 3 is 2.64 bits per heavy atom. The number of hydrogen-bond acceptors (Lipinski definition) is 5. The average Bonchev–Trinajstić information content (AvgIpc) is 2.97. The lowest BCUT2D eigenvalue weighted by Gasteiger charge is -2.18. The number of ether oxygens (including phenoxy) is 1. The Hall–Kier alpha value is -0.870. The van der Waals surface area contributed by atoms with E-state index in [0.29, 0.717) is 13.0 Å². The van der Waals surface area contributed by atoms with E-state index in [2.05, 4.69) is 0 Å². The molecule has 0 bridgehead atoms. The molecule has 2 saturated heterocycles. The molecular formula is C12H19F3N2O4S. The molecule has 2 unspecified atom stereocenters. The number of hydrogen-bond donors (Lipinski definition) is 1. The SMILES string of the molecule is O=C(NS(=O)(=O)CC1CCCO1)C1CCN(CC(F)(F)F)C1. The van der Waals surface area contributed by atoms with Crippen molar-refractivity contribution in [2.24, 2.45) is 5.92 Å². The average molecular weight is 344 g/mol. The van der Waals surface area contributed by atoms with Crippen LogP contribution in [-0.4, -0.2) is 63.5 Å². The van der Waals surface area contributed by atoms with E-state index in [0.717, 1.165) is 11.3 Å². The summed E-state index contributed by atoms with van der Waals surface area (Å²) in [5.41, 5.74) is 0. The zero-order valence-corrected chi connectivity index (χ0v) is 12.8. The molecule has 0 spiro atoms. The highest BCUT2D eigenvalue weighted by atomic mass is 32.2. The third-order valence-electron chi connectivity index (χ3n) is 3.73. The minimum absolute atomic E-state index is 0.0825. The molecule has 0 aromatic rings. The van der Waals surface area contributed by atoms with Crippen LogP contribution in [0.5, 0.6) is 0 Å². The molecule has 0 aliphatic carbocycles. The van der Waals surface area contributed by atoms with E-state index in [1.165, 1.54) is 0 Å². The van der Waals surface area contributed by atoms with Gasteiger partial charge in [0, 0.05) is 13.2 Å². The van der Waals surface area contributed by atoms with Gasteiger partial charge in [0.15, 0.2) is 0 Å². The largest absolute Gasteiger partial charge is 0.401 e. The number of rotatable bonds is 5. The first kappa shape index (κ1) is 17.5. The number of amides is 1. The highest BCUT2D eigenvalue weighted by Crippen LogP contribution is 2.23. The first-order valence-corrected chi connectivity index (χ1v) is 8.75. The number of nitrogens with zero attached hydrogens (tertiary/aromatic N) is 1.